The molecule has 0 spiro atoms. The first-order chi connectivity index (χ1) is 14.5. The fraction of sp³-hybridized carbons (Fsp3) is 0.174. The number of hydrogen-bond acceptors (Lipinski definition) is 5. The first-order valence-electron chi connectivity index (χ1n) is 9.33. The summed E-state index contributed by atoms with van der Waals surface area (Å²) >= 11 is 1.36. The summed E-state index contributed by atoms with van der Waals surface area (Å²) in [5.74, 6) is -0.192. The summed E-state index contributed by atoms with van der Waals surface area (Å²) in [4.78, 5) is 24.6. The molecule has 0 heterocycles. The van der Waals surface area contributed by atoms with Gasteiger partial charge in [-0.25, -0.2) is 0 Å². The molecule has 3 aromatic rings. The lowest BCUT2D eigenvalue weighted by Crippen LogP contribution is -2.29. The Morgan fingerprint density at radius 1 is 1.07 bits per heavy atom. The summed E-state index contributed by atoms with van der Waals surface area (Å²) in [5.41, 5.74) is 1.85. The number of rotatable bonds is 8. The molecule has 0 unspecified atom stereocenters. The highest BCUT2D eigenvalue weighted by molar-refractivity contribution is 7.98. The van der Waals surface area contributed by atoms with Crippen molar-refractivity contribution in [3.63, 3.8) is 0 Å². The second-order valence-electron chi connectivity index (χ2n) is 6.57. The number of benzene rings is 3. The summed E-state index contributed by atoms with van der Waals surface area (Å²) in [6.07, 6.45) is 1.83. The van der Waals surface area contributed by atoms with Crippen molar-refractivity contribution >= 4 is 23.4 Å². The maximum Gasteiger partial charge on any atom is 0.285 e. The van der Waals surface area contributed by atoms with Crippen LogP contribution in [-0.2, 0) is 0 Å². The number of nitrogens with one attached hydrogen (secondary N) is 1. The number of nitro benzene ring substituents is 1. The van der Waals surface area contributed by atoms with Crippen molar-refractivity contribution in [2.75, 3.05) is 19.9 Å². The molecule has 0 fully saturated rings. The predicted octanol–water partition coefficient (Wildman–Crippen LogP) is 4.89. The van der Waals surface area contributed by atoms with Crippen LogP contribution in [0, 0.1) is 10.1 Å². The molecule has 0 aliphatic heterocycles. The molecule has 0 aliphatic rings. The van der Waals surface area contributed by atoms with E-state index in [4.69, 9.17) is 4.74 Å². The Morgan fingerprint density at radius 3 is 2.10 bits per heavy atom. The largest absolute Gasteiger partial charge is 0.495 e. The van der Waals surface area contributed by atoms with Gasteiger partial charge in [0.1, 0.15) is 11.3 Å². The normalized spacial score (nSPS) is 10.6. The number of amides is 1. The van der Waals surface area contributed by atoms with Gasteiger partial charge in [0.05, 0.1) is 23.0 Å². The predicted molar refractivity (Wildman–Crippen MR) is 118 cm³/mol. The monoisotopic (exact) mass is 422 g/mol. The molecule has 0 aliphatic carbocycles. The summed E-state index contributed by atoms with van der Waals surface area (Å²) in [6, 6.07) is 22.5. The van der Waals surface area contributed by atoms with Crippen molar-refractivity contribution in [1.82, 2.24) is 5.32 Å². The highest BCUT2D eigenvalue weighted by atomic mass is 32.2. The Morgan fingerprint density at radius 2 is 1.63 bits per heavy atom. The second kappa shape index (κ2) is 9.93. The Balaban J connectivity index is 1.90. The van der Waals surface area contributed by atoms with Gasteiger partial charge in [-0.2, -0.15) is 0 Å². The molecular formula is C23H22N2O4S. The Kier molecular flexibility index (Phi) is 7.08. The SMILES string of the molecule is COc1cc([N+](=O)[O-])c(C(=O)NCC(c2ccccc2)c2ccccc2)cc1SC. The molecule has 3 rings (SSSR count). The van der Waals surface area contributed by atoms with E-state index in [1.54, 1.807) is 0 Å². The van der Waals surface area contributed by atoms with Crippen LogP contribution in [0.2, 0.25) is 0 Å². The molecule has 6 nitrogen and oxygen atoms in total. The van der Waals surface area contributed by atoms with Crippen molar-refractivity contribution in [3.8, 4) is 5.75 Å². The Bertz CT molecular complexity index is 987. The third kappa shape index (κ3) is 4.80. The van der Waals surface area contributed by atoms with Gasteiger partial charge in [-0.3, -0.25) is 14.9 Å². The summed E-state index contributed by atoms with van der Waals surface area (Å²) in [5, 5.41) is 14.4. The van der Waals surface area contributed by atoms with Crippen molar-refractivity contribution in [3.05, 3.63) is 99.6 Å². The van der Waals surface area contributed by atoms with E-state index in [-0.39, 0.29) is 17.2 Å². The standard InChI is InChI=1S/C23H22N2O4S/c1-29-21-14-20(25(27)28)18(13-22(21)30-2)23(26)24-15-19(16-9-5-3-6-10-16)17-11-7-4-8-12-17/h3-14,19H,15H2,1-2H3,(H,24,26). The van der Waals surface area contributed by atoms with Crippen molar-refractivity contribution in [2.45, 2.75) is 10.8 Å². The number of ether oxygens (including phenoxy) is 1. The van der Waals surface area contributed by atoms with Gasteiger partial charge in [-0.15, -0.1) is 11.8 Å². The van der Waals surface area contributed by atoms with Crippen LogP contribution in [-0.4, -0.2) is 30.7 Å². The average Bonchev–Trinajstić information content (AvgIpc) is 2.79. The van der Waals surface area contributed by atoms with Crippen LogP contribution in [0.5, 0.6) is 5.75 Å². The highest BCUT2D eigenvalue weighted by Gasteiger charge is 2.25. The molecule has 3 aromatic carbocycles. The molecule has 1 amide bonds. The number of nitrogens with zero attached hydrogens (tertiary/aromatic N) is 1. The average molecular weight is 423 g/mol. The molecule has 0 atom stereocenters. The van der Waals surface area contributed by atoms with Crippen molar-refractivity contribution in [2.24, 2.45) is 0 Å². The highest BCUT2D eigenvalue weighted by Crippen LogP contribution is 2.34. The van der Waals surface area contributed by atoms with E-state index < -0.39 is 10.8 Å². The molecule has 154 valence electrons. The van der Waals surface area contributed by atoms with Crippen LogP contribution < -0.4 is 10.1 Å². The molecule has 30 heavy (non-hydrogen) atoms. The minimum atomic E-state index is -0.562. The molecule has 0 saturated heterocycles. The fourth-order valence-corrected chi connectivity index (χ4v) is 3.87. The molecule has 1 N–H and O–H groups in total. The van der Waals surface area contributed by atoms with Crippen LogP contribution in [0.15, 0.2) is 77.7 Å². The number of carbonyl (C=O) groups is 1. The third-order valence-electron chi connectivity index (χ3n) is 4.81. The Hall–Kier alpha value is -3.32. The number of methoxy groups -OCH3 is 1. The first-order valence-corrected chi connectivity index (χ1v) is 10.6. The van der Waals surface area contributed by atoms with Gasteiger partial charge in [-0.05, 0) is 23.4 Å². The lowest BCUT2D eigenvalue weighted by molar-refractivity contribution is -0.385. The fourth-order valence-electron chi connectivity index (χ4n) is 3.29. The molecule has 0 saturated carbocycles. The van der Waals surface area contributed by atoms with Crippen LogP contribution >= 0.6 is 11.8 Å². The maximum absolute atomic E-state index is 12.9. The van der Waals surface area contributed by atoms with Gasteiger partial charge in [0.15, 0.2) is 0 Å². The molecule has 0 aromatic heterocycles. The topological polar surface area (TPSA) is 81.5 Å². The van der Waals surface area contributed by atoms with E-state index in [0.717, 1.165) is 11.1 Å². The van der Waals surface area contributed by atoms with Crippen molar-refractivity contribution < 1.29 is 14.5 Å². The quantitative estimate of drug-likeness (QED) is 0.318. The van der Waals surface area contributed by atoms with Crippen LogP contribution in [0.25, 0.3) is 0 Å². The van der Waals surface area contributed by atoms with E-state index in [1.165, 1.54) is 31.0 Å². The third-order valence-corrected chi connectivity index (χ3v) is 5.57. The van der Waals surface area contributed by atoms with E-state index in [2.05, 4.69) is 5.32 Å². The number of nitro groups is 1. The zero-order valence-corrected chi connectivity index (χ0v) is 17.5. The summed E-state index contributed by atoms with van der Waals surface area (Å²) in [7, 11) is 1.45. The zero-order chi connectivity index (χ0) is 21.5. The van der Waals surface area contributed by atoms with Gasteiger partial charge in [0, 0.05) is 12.5 Å². The first kappa shape index (κ1) is 21.4. The van der Waals surface area contributed by atoms with Crippen LogP contribution in [0.1, 0.15) is 27.4 Å². The summed E-state index contributed by atoms with van der Waals surface area (Å²) in [6.45, 7) is 0.310. The van der Waals surface area contributed by atoms with Crippen LogP contribution in [0.3, 0.4) is 0 Å². The van der Waals surface area contributed by atoms with Gasteiger partial charge in [0.2, 0.25) is 0 Å². The smallest absolute Gasteiger partial charge is 0.285 e. The van der Waals surface area contributed by atoms with E-state index >= 15 is 0 Å². The molecule has 7 heteroatoms. The zero-order valence-electron chi connectivity index (χ0n) is 16.7. The van der Waals surface area contributed by atoms with E-state index in [1.807, 2.05) is 66.9 Å². The summed E-state index contributed by atoms with van der Waals surface area (Å²) < 4.78 is 5.22. The minimum Gasteiger partial charge on any atom is -0.495 e. The lowest BCUT2D eigenvalue weighted by atomic mass is 9.91. The van der Waals surface area contributed by atoms with Crippen molar-refractivity contribution in [1.29, 1.82) is 0 Å². The van der Waals surface area contributed by atoms with E-state index in [9.17, 15) is 14.9 Å². The van der Waals surface area contributed by atoms with Gasteiger partial charge < -0.3 is 10.1 Å². The number of thioether (sulfide) groups is 1. The second-order valence-corrected chi connectivity index (χ2v) is 7.41. The Labute approximate surface area is 179 Å². The van der Waals surface area contributed by atoms with E-state index in [0.29, 0.717) is 17.2 Å². The van der Waals surface area contributed by atoms with Gasteiger partial charge in [0.25, 0.3) is 11.6 Å². The lowest BCUT2D eigenvalue weighted by Gasteiger charge is -2.19. The van der Waals surface area contributed by atoms with Gasteiger partial charge >= 0.3 is 0 Å². The maximum atomic E-state index is 12.9. The molecule has 0 bridgehead atoms. The number of carbonyl (C=O) groups excluding carboxylic acids is 1. The minimum absolute atomic E-state index is 0.0185. The van der Waals surface area contributed by atoms with Crippen LogP contribution in [0.4, 0.5) is 5.69 Å². The molecular weight excluding hydrogens is 400 g/mol. The number of hydrogen-bond donors (Lipinski definition) is 1. The molecule has 0 radical (unpaired) electrons. The van der Waals surface area contributed by atoms with Gasteiger partial charge in [-0.1, -0.05) is 60.7 Å².